The highest BCUT2D eigenvalue weighted by atomic mass is 32.2. The van der Waals surface area contributed by atoms with Crippen molar-refractivity contribution in [2.45, 2.75) is 23.3 Å². The minimum Gasteiger partial charge on any atom is -0.464 e. The SMILES string of the molecule is COC(=O)c1cc(C)nc(Sc2ccccc2NC(=O)Nc2ccc(OC(F)(F)F)cc2)n1. The third-order valence-electron chi connectivity index (χ3n) is 3.91. The number of esters is 1. The minimum absolute atomic E-state index is 0.105. The normalized spacial score (nSPS) is 10.9. The van der Waals surface area contributed by atoms with Gasteiger partial charge in [-0.1, -0.05) is 12.1 Å². The topological polar surface area (TPSA) is 102 Å². The molecular formula is C21H17F3N4O4S. The van der Waals surface area contributed by atoms with E-state index in [0.29, 0.717) is 16.3 Å². The van der Waals surface area contributed by atoms with Gasteiger partial charge in [0.05, 0.1) is 12.8 Å². The molecule has 0 radical (unpaired) electrons. The molecule has 3 aromatic rings. The average Bonchev–Trinajstić information content (AvgIpc) is 2.74. The molecule has 0 unspecified atom stereocenters. The van der Waals surface area contributed by atoms with Gasteiger partial charge in [0.1, 0.15) is 5.75 Å². The van der Waals surface area contributed by atoms with E-state index in [9.17, 15) is 22.8 Å². The zero-order valence-electron chi connectivity index (χ0n) is 17.3. The summed E-state index contributed by atoms with van der Waals surface area (Å²) >= 11 is 1.13. The van der Waals surface area contributed by atoms with Crippen molar-refractivity contribution in [3.05, 3.63) is 66.0 Å². The number of nitrogens with one attached hydrogen (secondary N) is 2. The Kier molecular flexibility index (Phi) is 7.38. The fourth-order valence-corrected chi connectivity index (χ4v) is 3.48. The summed E-state index contributed by atoms with van der Waals surface area (Å²) in [6, 6.07) is 12.4. The van der Waals surface area contributed by atoms with Gasteiger partial charge in [-0.3, -0.25) is 0 Å². The van der Waals surface area contributed by atoms with E-state index >= 15 is 0 Å². The summed E-state index contributed by atoms with van der Waals surface area (Å²) in [5, 5.41) is 5.47. The Morgan fingerprint density at radius 3 is 2.36 bits per heavy atom. The lowest BCUT2D eigenvalue weighted by Crippen LogP contribution is -2.20. The molecule has 0 bridgehead atoms. The molecule has 172 valence electrons. The average molecular weight is 478 g/mol. The number of urea groups is 1. The van der Waals surface area contributed by atoms with Crippen molar-refractivity contribution in [1.82, 2.24) is 9.97 Å². The highest BCUT2D eigenvalue weighted by Gasteiger charge is 2.31. The van der Waals surface area contributed by atoms with E-state index in [0.717, 1.165) is 23.9 Å². The van der Waals surface area contributed by atoms with Gasteiger partial charge in [0, 0.05) is 16.3 Å². The van der Waals surface area contributed by atoms with Crippen LogP contribution in [0.2, 0.25) is 0 Å². The molecule has 0 saturated carbocycles. The van der Waals surface area contributed by atoms with E-state index in [-0.39, 0.29) is 16.5 Å². The number of anilines is 2. The van der Waals surface area contributed by atoms with Crippen LogP contribution in [0.1, 0.15) is 16.2 Å². The first-order valence-electron chi connectivity index (χ1n) is 9.27. The van der Waals surface area contributed by atoms with Gasteiger partial charge < -0.3 is 20.1 Å². The number of halogens is 3. The molecule has 0 aliphatic heterocycles. The van der Waals surface area contributed by atoms with Crippen LogP contribution in [0.15, 0.2) is 64.6 Å². The number of rotatable bonds is 6. The van der Waals surface area contributed by atoms with Gasteiger partial charge >= 0.3 is 18.4 Å². The van der Waals surface area contributed by atoms with Crippen molar-refractivity contribution in [2.75, 3.05) is 17.7 Å². The van der Waals surface area contributed by atoms with Crippen LogP contribution >= 0.6 is 11.8 Å². The van der Waals surface area contributed by atoms with Crippen molar-refractivity contribution in [3.63, 3.8) is 0 Å². The fourth-order valence-electron chi connectivity index (χ4n) is 2.58. The number of para-hydroxylation sites is 1. The van der Waals surface area contributed by atoms with E-state index in [2.05, 4.69) is 25.3 Å². The Morgan fingerprint density at radius 1 is 1.00 bits per heavy atom. The zero-order chi connectivity index (χ0) is 24.0. The van der Waals surface area contributed by atoms with E-state index in [1.807, 2.05) is 0 Å². The second kappa shape index (κ2) is 10.2. The maximum atomic E-state index is 12.4. The van der Waals surface area contributed by atoms with Crippen molar-refractivity contribution in [1.29, 1.82) is 0 Å². The maximum Gasteiger partial charge on any atom is 0.573 e. The van der Waals surface area contributed by atoms with Gasteiger partial charge in [-0.2, -0.15) is 0 Å². The summed E-state index contributed by atoms with van der Waals surface area (Å²) in [5.41, 5.74) is 1.36. The van der Waals surface area contributed by atoms with Crippen molar-refractivity contribution < 1.29 is 32.2 Å². The predicted molar refractivity (Wildman–Crippen MR) is 114 cm³/mol. The lowest BCUT2D eigenvalue weighted by molar-refractivity contribution is -0.274. The summed E-state index contributed by atoms with van der Waals surface area (Å²) in [7, 11) is 1.25. The van der Waals surface area contributed by atoms with Gasteiger partial charge in [-0.25, -0.2) is 19.6 Å². The van der Waals surface area contributed by atoms with Gasteiger partial charge in [0.15, 0.2) is 10.9 Å². The van der Waals surface area contributed by atoms with Crippen molar-refractivity contribution in [2.24, 2.45) is 0 Å². The molecule has 0 atom stereocenters. The summed E-state index contributed by atoms with van der Waals surface area (Å²) in [6.07, 6.45) is -4.80. The zero-order valence-corrected chi connectivity index (χ0v) is 18.1. The predicted octanol–water partition coefficient (Wildman–Crippen LogP) is 5.27. The molecule has 8 nitrogen and oxygen atoms in total. The number of aromatic nitrogens is 2. The van der Waals surface area contributed by atoms with Gasteiger partial charge in [0.2, 0.25) is 0 Å². The number of carbonyl (C=O) groups is 2. The van der Waals surface area contributed by atoms with Crippen LogP contribution in [0.25, 0.3) is 0 Å². The number of hydrogen-bond donors (Lipinski definition) is 2. The molecular weight excluding hydrogens is 461 g/mol. The maximum absolute atomic E-state index is 12.4. The van der Waals surface area contributed by atoms with Crippen LogP contribution in [-0.4, -0.2) is 35.4 Å². The Bertz CT molecular complexity index is 1160. The Hall–Kier alpha value is -3.80. The van der Waals surface area contributed by atoms with Crippen LogP contribution < -0.4 is 15.4 Å². The summed E-state index contributed by atoms with van der Waals surface area (Å²) in [6.45, 7) is 1.71. The first-order chi connectivity index (χ1) is 15.6. The van der Waals surface area contributed by atoms with Crippen LogP contribution in [0.3, 0.4) is 0 Å². The Balaban J connectivity index is 1.70. The molecule has 0 saturated heterocycles. The second-order valence-corrected chi connectivity index (χ2v) is 7.43. The van der Waals surface area contributed by atoms with Crippen LogP contribution in [0.5, 0.6) is 5.75 Å². The van der Waals surface area contributed by atoms with Crippen LogP contribution in [0, 0.1) is 6.92 Å². The molecule has 0 fully saturated rings. The second-order valence-electron chi connectivity index (χ2n) is 6.42. The van der Waals surface area contributed by atoms with Crippen LogP contribution in [-0.2, 0) is 4.74 Å². The summed E-state index contributed by atoms with van der Waals surface area (Å²) in [5.74, 6) is -1.00. The van der Waals surface area contributed by atoms with E-state index in [1.54, 1.807) is 31.2 Å². The molecule has 0 aliphatic rings. The van der Waals surface area contributed by atoms with Gasteiger partial charge in [-0.15, -0.1) is 13.2 Å². The fraction of sp³-hybridized carbons (Fsp3) is 0.143. The van der Waals surface area contributed by atoms with E-state index < -0.39 is 24.1 Å². The standard InChI is InChI=1S/C21H17F3N4O4S/c1-12-11-16(18(29)31-2)28-20(25-12)33-17-6-4-3-5-15(17)27-19(30)26-13-7-9-14(10-8-13)32-21(22,23)24/h3-11H,1-2H3,(H2,26,27,30). The molecule has 2 aromatic carbocycles. The highest BCUT2D eigenvalue weighted by molar-refractivity contribution is 7.99. The molecule has 0 spiro atoms. The largest absolute Gasteiger partial charge is 0.573 e. The quantitative estimate of drug-likeness (QED) is 0.368. The molecule has 2 amide bonds. The number of benzene rings is 2. The molecule has 2 N–H and O–H groups in total. The van der Waals surface area contributed by atoms with Crippen molar-refractivity contribution in [3.8, 4) is 5.75 Å². The highest BCUT2D eigenvalue weighted by Crippen LogP contribution is 2.32. The lowest BCUT2D eigenvalue weighted by atomic mass is 10.3. The van der Waals surface area contributed by atoms with E-state index in [1.165, 1.54) is 25.3 Å². The van der Waals surface area contributed by atoms with Crippen LogP contribution in [0.4, 0.5) is 29.3 Å². The van der Waals surface area contributed by atoms with Gasteiger partial charge in [-0.05, 0) is 61.2 Å². The van der Waals surface area contributed by atoms with Gasteiger partial charge in [0.25, 0.3) is 0 Å². The molecule has 0 aliphatic carbocycles. The van der Waals surface area contributed by atoms with Crippen molar-refractivity contribution >= 4 is 35.1 Å². The Morgan fingerprint density at radius 2 is 1.70 bits per heavy atom. The minimum atomic E-state index is -4.80. The van der Waals surface area contributed by atoms with E-state index in [4.69, 9.17) is 4.74 Å². The first-order valence-corrected chi connectivity index (χ1v) is 10.1. The molecule has 33 heavy (non-hydrogen) atoms. The lowest BCUT2D eigenvalue weighted by Gasteiger charge is -2.12. The third kappa shape index (κ3) is 7.10. The molecule has 3 rings (SSSR count). The third-order valence-corrected chi connectivity index (χ3v) is 4.85. The summed E-state index contributed by atoms with van der Waals surface area (Å²) < 4.78 is 45.3. The summed E-state index contributed by atoms with van der Waals surface area (Å²) in [4.78, 5) is 33.3. The first kappa shape index (κ1) is 23.9. The molecule has 1 aromatic heterocycles. The number of hydrogen-bond acceptors (Lipinski definition) is 7. The number of methoxy groups -OCH3 is 1. The monoisotopic (exact) mass is 478 g/mol. The molecule has 12 heteroatoms. The number of ether oxygens (including phenoxy) is 2. The number of amides is 2. The number of nitrogens with zero attached hydrogens (tertiary/aromatic N) is 2. The Labute approximate surface area is 190 Å². The number of alkyl halides is 3. The molecule has 1 heterocycles. The number of aryl methyl sites for hydroxylation is 1. The smallest absolute Gasteiger partial charge is 0.464 e. The number of carbonyl (C=O) groups excluding carboxylic acids is 2.